The van der Waals surface area contributed by atoms with E-state index in [1.54, 1.807) is 26.2 Å². The van der Waals surface area contributed by atoms with Gasteiger partial charge in [-0.1, -0.05) is 0 Å². The van der Waals surface area contributed by atoms with E-state index in [9.17, 15) is 9.18 Å². The van der Waals surface area contributed by atoms with E-state index in [-0.39, 0.29) is 11.4 Å². The first-order valence-corrected chi connectivity index (χ1v) is 7.77. The third kappa shape index (κ3) is 3.38. The summed E-state index contributed by atoms with van der Waals surface area (Å²) < 4.78 is 19.6. The van der Waals surface area contributed by atoms with E-state index in [0.717, 1.165) is 11.4 Å². The van der Waals surface area contributed by atoms with Crippen LogP contribution in [0.3, 0.4) is 0 Å². The maximum Gasteiger partial charge on any atom is 0.280 e. The van der Waals surface area contributed by atoms with Crippen LogP contribution in [0.4, 0.5) is 10.1 Å². The molecule has 0 fully saturated rings. The summed E-state index contributed by atoms with van der Waals surface area (Å²) in [6.07, 6.45) is 0. The predicted molar refractivity (Wildman–Crippen MR) is 95.9 cm³/mol. The molecular weight excluding hydrogens is 321 g/mol. The summed E-state index contributed by atoms with van der Waals surface area (Å²) in [7, 11) is 1.60. The van der Waals surface area contributed by atoms with Crippen molar-refractivity contribution in [2.75, 3.05) is 7.11 Å². The van der Waals surface area contributed by atoms with Gasteiger partial charge in [-0.25, -0.2) is 9.07 Å². The summed E-state index contributed by atoms with van der Waals surface area (Å²) in [5.41, 5.74) is 2.87. The molecule has 3 aromatic rings. The fourth-order valence-corrected chi connectivity index (χ4v) is 2.65. The zero-order chi connectivity index (χ0) is 18.0. The molecule has 25 heavy (non-hydrogen) atoms. The molecule has 0 saturated carbocycles. The molecule has 0 aliphatic carbocycles. The average molecular weight is 339 g/mol. The van der Waals surface area contributed by atoms with E-state index in [1.807, 2.05) is 31.2 Å². The van der Waals surface area contributed by atoms with Gasteiger partial charge in [-0.05, 0) is 62.4 Å². The van der Waals surface area contributed by atoms with Crippen molar-refractivity contribution in [1.82, 2.24) is 9.78 Å². The molecule has 0 radical (unpaired) electrons. The van der Waals surface area contributed by atoms with Gasteiger partial charge in [0.15, 0.2) is 0 Å². The fourth-order valence-electron chi connectivity index (χ4n) is 2.65. The lowest BCUT2D eigenvalue weighted by Crippen LogP contribution is -2.19. The molecule has 0 aliphatic heterocycles. The van der Waals surface area contributed by atoms with E-state index in [4.69, 9.17) is 4.74 Å². The highest BCUT2D eigenvalue weighted by Gasteiger charge is 2.15. The van der Waals surface area contributed by atoms with E-state index < -0.39 is 0 Å². The molecule has 2 aromatic carbocycles. The molecule has 0 unspecified atom stereocenters. The lowest BCUT2D eigenvalue weighted by Gasteiger charge is -2.01. The molecule has 0 spiro atoms. The number of hydrogen-bond acceptors (Lipinski definition) is 3. The van der Waals surface area contributed by atoms with Crippen LogP contribution in [0.2, 0.25) is 0 Å². The van der Waals surface area contributed by atoms with Gasteiger partial charge in [0, 0.05) is 5.69 Å². The largest absolute Gasteiger partial charge is 0.497 e. The Morgan fingerprint density at radius 1 is 1.12 bits per heavy atom. The lowest BCUT2D eigenvalue weighted by molar-refractivity contribution is 0.415. The van der Waals surface area contributed by atoms with Crippen molar-refractivity contribution in [3.05, 3.63) is 76.0 Å². The number of aliphatic imine (C=N–C) groups is 1. The normalized spacial score (nSPS) is 11.6. The summed E-state index contributed by atoms with van der Waals surface area (Å²) in [6.45, 7) is 3.60. The van der Waals surface area contributed by atoms with Crippen LogP contribution in [-0.2, 0) is 0 Å². The van der Waals surface area contributed by atoms with Crippen LogP contribution in [0, 0.1) is 12.7 Å². The zero-order valence-electron chi connectivity index (χ0n) is 14.2. The van der Waals surface area contributed by atoms with Crippen molar-refractivity contribution in [3.63, 3.8) is 0 Å². The Kier molecular flexibility index (Phi) is 4.52. The maximum atomic E-state index is 13.1. The van der Waals surface area contributed by atoms with Gasteiger partial charge in [0.1, 0.15) is 11.6 Å². The van der Waals surface area contributed by atoms with Crippen molar-refractivity contribution in [2.45, 2.75) is 13.8 Å². The molecule has 0 amide bonds. The third-order valence-electron chi connectivity index (χ3n) is 3.89. The van der Waals surface area contributed by atoms with Gasteiger partial charge >= 0.3 is 0 Å². The highest BCUT2D eigenvalue weighted by Crippen LogP contribution is 2.19. The minimum absolute atomic E-state index is 0.223. The number of rotatable bonds is 4. The monoisotopic (exact) mass is 339 g/mol. The smallest absolute Gasteiger partial charge is 0.280 e. The highest BCUT2D eigenvalue weighted by atomic mass is 19.1. The summed E-state index contributed by atoms with van der Waals surface area (Å²) in [4.78, 5) is 17.3. The number of methoxy groups -OCH3 is 1. The van der Waals surface area contributed by atoms with Gasteiger partial charge in [0.2, 0.25) is 0 Å². The molecule has 3 rings (SSSR count). The standard InChI is InChI=1S/C19H18FN3O2/c1-12(21-15-6-10-17(25-3)11-7-15)18-13(2)22-23(19(18)24)16-8-4-14(20)5-9-16/h4-11,22H,1-3H3. The Morgan fingerprint density at radius 2 is 1.76 bits per heavy atom. The second kappa shape index (κ2) is 6.76. The van der Waals surface area contributed by atoms with Gasteiger partial charge in [-0.15, -0.1) is 0 Å². The number of benzene rings is 2. The van der Waals surface area contributed by atoms with Crippen LogP contribution >= 0.6 is 0 Å². The van der Waals surface area contributed by atoms with Gasteiger partial charge in [-0.3, -0.25) is 14.9 Å². The number of ether oxygens (including phenoxy) is 1. The Balaban J connectivity index is 2.00. The van der Waals surface area contributed by atoms with E-state index in [0.29, 0.717) is 22.7 Å². The SMILES string of the molecule is COc1ccc(N=C(C)c2c(C)[nH]n(-c3ccc(F)cc3)c2=O)cc1. The van der Waals surface area contributed by atoms with Gasteiger partial charge < -0.3 is 4.74 Å². The Bertz CT molecular complexity index is 967. The maximum absolute atomic E-state index is 13.1. The van der Waals surface area contributed by atoms with Crippen LogP contribution in [0.25, 0.3) is 5.69 Å². The number of H-pyrrole nitrogens is 1. The fraction of sp³-hybridized carbons (Fsp3) is 0.158. The Hall–Kier alpha value is -3.15. The summed E-state index contributed by atoms with van der Waals surface area (Å²) >= 11 is 0. The van der Waals surface area contributed by atoms with Crippen molar-refractivity contribution in [3.8, 4) is 11.4 Å². The lowest BCUT2D eigenvalue weighted by atomic mass is 10.1. The summed E-state index contributed by atoms with van der Waals surface area (Å²) in [5.74, 6) is 0.394. The first-order chi connectivity index (χ1) is 12.0. The molecule has 0 atom stereocenters. The van der Waals surface area contributed by atoms with Crippen LogP contribution in [0.15, 0.2) is 58.3 Å². The highest BCUT2D eigenvalue weighted by molar-refractivity contribution is 6.00. The molecule has 1 heterocycles. The van der Waals surface area contributed by atoms with Crippen LogP contribution in [-0.4, -0.2) is 22.6 Å². The Morgan fingerprint density at radius 3 is 2.36 bits per heavy atom. The van der Waals surface area contributed by atoms with E-state index in [1.165, 1.54) is 16.8 Å². The topological polar surface area (TPSA) is 59.4 Å². The molecule has 128 valence electrons. The van der Waals surface area contributed by atoms with Crippen LogP contribution in [0.1, 0.15) is 18.2 Å². The summed E-state index contributed by atoms with van der Waals surface area (Å²) in [6, 6.07) is 13.0. The predicted octanol–water partition coefficient (Wildman–Crippen LogP) is 3.76. The number of nitrogens with zero attached hydrogens (tertiary/aromatic N) is 2. The average Bonchev–Trinajstić information content (AvgIpc) is 2.91. The number of nitrogens with one attached hydrogen (secondary N) is 1. The van der Waals surface area contributed by atoms with Crippen LogP contribution in [0.5, 0.6) is 5.75 Å². The first kappa shape index (κ1) is 16.7. The molecule has 5 nitrogen and oxygen atoms in total. The molecule has 1 aromatic heterocycles. The van der Waals surface area contributed by atoms with E-state index >= 15 is 0 Å². The molecule has 6 heteroatoms. The van der Waals surface area contributed by atoms with Gasteiger partial charge in [0.05, 0.1) is 29.8 Å². The van der Waals surface area contributed by atoms with Crippen molar-refractivity contribution >= 4 is 11.4 Å². The first-order valence-electron chi connectivity index (χ1n) is 7.77. The van der Waals surface area contributed by atoms with E-state index in [2.05, 4.69) is 10.1 Å². The quantitative estimate of drug-likeness (QED) is 0.736. The van der Waals surface area contributed by atoms with Crippen LogP contribution < -0.4 is 10.3 Å². The molecule has 0 saturated heterocycles. The number of aryl methyl sites for hydroxylation is 1. The molecule has 0 bridgehead atoms. The number of hydrogen-bond donors (Lipinski definition) is 1. The molecule has 1 N–H and O–H groups in total. The Labute approximate surface area is 144 Å². The van der Waals surface area contributed by atoms with Crippen molar-refractivity contribution in [2.24, 2.45) is 4.99 Å². The molecular formula is C19H18FN3O2. The second-order valence-electron chi connectivity index (χ2n) is 5.62. The number of aromatic amines is 1. The second-order valence-corrected chi connectivity index (χ2v) is 5.62. The third-order valence-corrected chi connectivity index (χ3v) is 3.89. The van der Waals surface area contributed by atoms with Gasteiger partial charge in [-0.2, -0.15) is 0 Å². The van der Waals surface area contributed by atoms with Crippen molar-refractivity contribution in [1.29, 1.82) is 0 Å². The summed E-state index contributed by atoms with van der Waals surface area (Å²) in [5, 5.41) is 3.01. The number of halogens is 1. The minimum atomic E-state index is -0.349. The van der Waals surface area contributed by atoms with Crippen molar-refractivity contribution < 1.29 is 9.13 Å². The number of aromatic nitrogens is 2. The van der Waals surface area contributed by atoms with Gasteiger partial charge in [0.25, 0.3) is 5.56 Å². The zero-order valence-corrected chi connectivity index (χ0v) is 14.2. The molecule has 0 aliphatic rings. The minimum Gasteiger partial charge on any atom is -0.497 e.